The second kappa shape index (κ2) is 1.70. The number of amides is 1. The lowest BCUT2D eigenvalue weighted by molar-refractivity contribution is 0.263. The Labute approximate surface area is 51.9 Å². The topological polar surface area (TPSA) is 32.3 Å². The van der Waals surface area contributed by atoms with Gasteiger partial charge < -0.3 is 5.32 Å². The zero-order valence-corrected chi connectivity index (χ0v) is 5.29. The number of carbonyl (C=O) groups excluding carboxylic acids is 1. The Kier molecular flexibility index (Phi) is 1.17. The van der Waals surface area contributed by atoms with Crippen molar-refractivity contribution in [2.75, 3.05) is 7.05 Å². The zero-order chi connectivity index (χ0) is 6.15. The quantitative estimate of drug-likeness (QED) is 0.491. The van der Waals surface area contributed by atoms with Gasteiger partial charge in [-0.25, -0.2) is 0 Å². The molecule has 0 aliphatic carbocycles. The number of rotatable bonds is 0. The van der Waals surface area contributed by atoms with E-state index in [2.05, 4.69) is 11.9 Å². The van der Waals surface area contributed by atoms with Crippen LogP contribution in [0.2, 0.25) is 0 Å². The van der Waals surface area contributed by atoms with E-state index in [1.165, 1.54) is 0 Å². The van der Waals surface area contributed by atoms with E-state index in [0.29, 0.717) is 5.82 Å². The van der Waals surface area contributed by atoms with Gasteiger partial charge in [0, 0.05) is 7.05 Å². The summed E-state index contributed by atoms with van der Waals surface area (Å²) in [5.74, 6) is 0.653. The molecule has 1 N–H and O–H groups in total. The molecule has 8 heavy (non-hydrogen) atoms. The molecule has 0 radical (unpaired) electrons. The molecule has 4 heteroatoms. The third-order valence-corrected chi connectivity index (χ3v) is 1.61. The van der Waals surface area contributed by atoms with E-state index in [0.717, 1.165) is 11.9 Å². The Morgan fingerprint density at radius 3 is 2.62 bits per heavy atom. The number of hydrogen-bond donors (Lipinski definition) is 1. The molecule has 3 nitrogen and oxygen atoms in total. The van der Waals surface area contributed by atoms with Gasteiger partial charge in [0.2, 0.25) is 0 Å². The molecule has 1 aliphatic rings. The summed E-state index contributed by atoms with van der Waals surface area (Å²) in [4.78, 5) is 10.4. The molecular formula is C4H6N2OS. The average molecular weight is 130 g/mol. The molecule has 1 aliphatic heterocycles. The Balaban J connectivity index is 2.64. The molecule has 1 rings (SSSR count). The Morgan fingerprint density at radius 1 is 1.88 bits per heavy atom. The first kappa shape index (κ1) is 5.50. The summed E-state index contributed by atoms with van der Waals surface area (Å²) >= 11 is 1.11. The number of hydrogen-bond acceptors (Lipinski definition) is 3. The fourth-order valence-electron chi connectivity index (χ4n) is 0.399. The van der Waals surface area contributed by atoms with Crippen LogP contribution in [-0.2, 0) is 0 Å². The lowest BCUT2D eigenvalue weighted by Gasteiger charge is -2.03. The van der Waals surface area contributed by atoms with E-state index in [-0.39, 0.29) is 5.24 Å². The summed E-state index contributed by atoms with van der Waals surface area (Å²) in [6.45, 7) is 3.56. The molecule has 0 spiro atoms. The van der Waals surface area contributed by atoms with E-state index in [4.69, 9.17) is 0 Å². The van der Waals surface area contributed by atoms with Crippen molar-refractivity contribution < 1.29 is 4.79 Å². The van der Waals surface area contributed by atoms with Crippen LogP contribution in [0, 0.1) is 0 Å². The van der Waals surface area contributed by atoms with Crippen molar-refractivity contribution in [3.05, 3.63) is 12.4 Å². The molecule has 0 saturated carbocycles. The fourth-order valence-corrected chi connectivity index (χ4v) is 0.967. The van der Waals surface area contributed by atoms with Gasteiger partial charge in [-0.3, -0.25) is 9.10 Å². The largest absolute Gasteiger partial charge is 0.305 e. The van der Waals surface area contributed by atoms with Crippen molar-refractivity contribution in [3.63, 3.8) is 0 Å². The summed E-state index contributed by atoms with van der Waals surface area (Å²) in [6, 6.07) is 0. The van der Waals surface area contributed by atoms with Crippen molar-refractivity contribution in [1.29, 1.82) is 0 Å². The Morgan fingerprint density at radius 2 is 2.50 bits per heavy atom. The van der Waals surface area contributed by atoms with Crippen LogP contribution in [-0.4, -0.2) is 16.6 Å². The van der Waals surface area contributed by atoms with Crippen LogP contribution < -0.4 is 5.32 Å². The predicted octanol–water partition coefficient (Wildman–Crippen LogP) is 0.761. The van der Waals surface area contributed by atoms with Gasteiger partial charge >= 0.3 is 5.24 Å². The normalized spacial score (nSPS) is 19.4. The minimum absolute atomic E-state index is 0.0579. The third-order valence-electron chi connectivity index (χ3n) is 0.846. The molecule has 0 aromatic heterocycles. The van der Waals surface area contributed by atoms with Crippen molar-refractivity contribution in [3.8, 4) is 0 Å². The molecule has 0 aromatic carbocycles. The van der Waals surface area contributed by atoms with Gasteiger partial charge in [-0.05, 0) is 0 Å². The molecule has 0 bridgehead atoms. The highest BCUT2D eigenvalue weighted by molar-refractivity contribution is 8.12. The second-order valence-corrected chi connectivity index (χ2v) is 2.55. The standard InChI is InChI=1S/C4H6N2OS/c1-3-5-4(7)8-6(3)2/h1H2,2H3,(H,5,7). The molecule has 0 unspecified atom stereocenters. The maximum Gasteiger partial charge on any atom is 0.305 e. The van der Waals surface area contributed by atoms with Crippen molar-refractivity contribution in [2.45, 2.75) is 0 Å². The Hall–Kier alpha value is -0.640. The zero-order valence-electron chi connectivity index (χ0n) is 4.47. The number of nitrogens with zero attached hydrogens (tertiary/aromatic N) is 1. The fraction of sp³-hybridized carbons (Fsp3) is 0.250. The summed E-state index contributed by atoms with van der Waals surface area (Å²) in [6.07, 6.45) is 0. The predicted molar refractivity (Wildman–Crippen MR) is 33.0 cm³/mol. The van der Waals surface area contributed by atoms with Gasteiger partial charge in [0.1, 0.15) is 5.82 Å². The minimum Gasteiger partial charge on any atom is -0.301 e. The lowest BCUT2D eigenvalue weighted by Crippen LogP contribution is -2.11. The number of carbonyl (C=O) groups is 1. The van der Waals surface area contributed by atoms with Crippen LogP contribution in [0.3, 0.4) is 0 Å². The highest BCUT2D eigenvalue weighted by Gasteiger charge is 2.18. The first-order valence-corrected chi connectivity index (χ1v) is 2.89. The molecule has 1 fully saturated rings. The van der Waals surface area contributed by atoms with E-state index < -0.39 is 0 Å². The van der Waals surface area contributed by atoms with Gasteiger partial charge in [0.25, 0.3) is 0 Å². The molecular weight excluding hydrogens is 124 g/mol. The van der Waals surface area contributed by atoms with E-state index >= 15 is 0 Å². The summed E-state index contributed by atoms with van der Waals surface area (Å²) in [5.41, 5.74) is 0. The van der Waals surface area contributed by atoms with Crippen molar-refractivity contribution in [1.82, 2.24) is 9.62 Å². The maximum absolute atomic E-state index is 10.4. The van der Waals surface area contributed by atoms with Crippen LogP contribution in [0.25, 0.3) is 0 Å². The summed E-state index contributed by atoms with van der Waals surface area (Å²) in [5, 5.41) is 2.46. The van der Waals surface area contributed by atoms with Crippen molar-refractivity contribution in [2.24, 2.45) is 0 Å². The van der Waals surface area contributed by atoms with E-state index in [9.17, 15) is 4.79 Å². The monoisotopic (exact) mass is 130 g/mol. The van der Waals surface area contributed by atoms with Crippen LogP contribution >= 0.6 is 11.9 Å². The van der Waals surface area contributed by atoms with Crippen LogP contribution in [0.15, 0.2) is 12.4 Å². The Bertz CT molecular complexity index is 145. The average Bonchev–Trinajstić information content (AvgIpc) is 1.85. The highest BCUT2D eigenvalue weighted by Crippen LogP contribution is 2.19. The van der Waals surface area contributed by atoms with Crippen LogP contribution in [0.1, 0.15) is 0 Å². The molecule has 0 aromatic rings. The van der Waals surface area contributed by atoms with Gasteiger partial charge in [-0.15, -0.1) is 0 Å². The van der Waals surface area contributed by atoms with Crippen LogP contribution in [0.5, 0.6) is 0 Å². The lowest BCUT2D eigenvalue weighted by atomic mass is 10.8. The highest BCUT2D eigenvalue weighted by atomic mass is 32.2. The van der Waals surface area contributed by atoms with Crippen LogP contribution in [0.4, 0.5) is 4.79 Å². The second-order valence-electron chi connectivity index (χ2n) is 1.45. The maximum atomic E-state index is 10.4. The molecule has 1 amide bonds. The van der Waals surface area contributed by atoms with E-state index in [1.54, 1.807) is 11.4 Å². The van der Waals surface area contributed by atoms with Crippen molar-refractivity contribution >= 4 is 17.2 Å². The molecule has 0 atom stereocenters. The van der Waals surface area contributed by atoms with Gasteiger partial charge in [-0.2, -0.15) is 0 Å². The third kappa shape index (κ3) is 0.790. The van der Waals surface area contributed by atoms with Gasteiger partial charge in [-0.1, -0.05) is 6.58 Å². The smallest absolute Gasteiger partial charge is 0.301 e. The molecule has 1 heterocycles. The van der Waals surface area contributed by atoms with Gasteiger partial charge in [0.15, 0.2) is 0 Å². The number of nitrogens with one attached hydrogen (secondary N) is 1. The first-order chi connectivity index (χ1) is 3.70. The first-order valence-electron chi connectivity index (χ1n) is 2.12. The minimum atomic E-state index is -0.0579. The summed E-state index contributed by atoms with van der Waals surface area (Å²) in [7, 11) is 1.78. The molecule has 44 valence electrons. The van der Waals surface area contributed by atoms with Gasteiger partial charge in [0.05, 0.1) is 11.9 Å². The SMILES string of the molecule is C=C1NC(=O)SN1C. The summed E-state index contributed by atoms with van der Waals surface area (Å²) < 4.78 is 1.68. The van der Waals surface area contributed by atoms with E-state index in [1.807, 2.05) is 0 Å². The molecule has 1 saturated heterocycles.